The minimum absolute atomic E-state index is 0.0168. The molecule has 1 aliphatic rings. The van der Waals surface area contributed by atoms with Crippen LogP contribution in [0.3, 0.4) is 0 Å². The van der Waals surface area contributed by atoms with Crippen LogP contribution in [-0.4, -0.2) is 58.9 Å². The van der Waals surface area contributed by atoms with Crippen molar-refractivity contribution in [2.45, 2.75) is 26.4 Å². The third-order valence-corrected chi connectivity index (χ3v) is 4.97. The van der Waals surface area contributed by atoms with Gasteiger partial charge in [0.25, 0.3) is 11.6 Å². The van der Waals surface area contributed by atoms with E-state index >= 15 is 0 Å². The van der Waals surface area contributed by atoms with Crippen LogP contribution in [0.25, 0.3) is 0 Å². The maximum absolute atomic E-state index is 12.9. The number of rotatable bonds is 6. The predicted molar refractivity (Wildman–Crippen MR) is 118 cm³/mol. The van der Waals surface area contributed by atoms with E-state index in [-0.39, 0.29) is 23.7 Å². The summed E-state index contributed by atoms with van der Waals surface area (Å²) in [5.41, 5.74) is 2.05. The molecule has 0 saturated carbocycles. The predicted octanol–water partition coefficient (Wildman–Crippen LogP) is 3.08. The third kappa shape index (κ3) is 6.26. The number of hydrogen-bond acceptors (Lipinski definition) is 5. The van der Waals surface area contributed by atoms with Crippen LogP contribution >= 0.6 is 0 Å². The molecule has 3 amide bonds. The number of carbonyl (C=O) groups excluding carboxylic acids is 2. The van der Waals surface area contributed by atoms with Crippen molar-refractivity contribution >= 4 is 23.3 Å². The Kier molecular flexibility index (Phi) is 7.19. The van der Waals surface area contributed by atoms with Gasteiger partial charge in [0.15, 0.2) is 0 Å². The smallest absolute Gasteiger partial charge is 0.319 e. The molecule has 1 heterocycles. The summed E-state index contributed by atoms with van der Waals surface area (Å²) in [5.74, 6) is -0.0806. The van der Waals surface area contributed by atoms with E-state index < -0.39 is 4.92 Å². The molecule has 2 aromatic rings. The second kappa shape index (κ2) is 10.0. The van der Waals surface area contributed by atoms with Gasteiger partial charge in [-0.05, 0) is 37.6 Å². The average molecular weight is 425 g/mol. The number of amides is 3. The molecule has 1 aliphatic heterocycles. The van der Waals surface area contributed by atoms with Crippen molar-refractivity contribution in [3.63, 3.8) is 0 Å². The quantitative estimate of drug-likeness (QED) is 0.546. The van der Waals surface area contributed by atoms with Crippen LogP contribution < -0.4 is 10.6 Å². The number of hydrogen-bond donors (Lipinski definition) is 2. The zero-order valence-corrected chi connectivity index (χ0v) is 17.7. The lowest BCUT2D eigenvalue weighted by atomic mass is 10.1. The summed E-state index contributed by atoms with van der Waals surface area (Å²) in [4.78, 5) is 39.3. The van der Waals surface area contributed by atoms with Gasteiger partial charge in [-0.2, -0.15) is 0 Å². The fourth-order valence-electron chi connectivity index (χ4n) is 3.48. The van der Waals surface area contributed by atoms with E-state index in [9.17, 15) is 19.7 Å². The number of non-ortho nitro benzene ring substituents is 1. The number of nitrogens with zero attached hydrogens (tertiary/aromatic N) is 3. The number of nitrogens with one attached hydrogen (secondary N) is 2. The van der Waals surface area contributed by atoms with E-state index in [0.717, 1.165) is 5.56 Å². The van der Waals surface area contributed by atoms with Gasteiger partial charge >= 0.3 is 6.03 Å². The number of nitro groups is 1. The van der Waals surface area contributed by atoms with Crippen LogP contribution in [-0.2, 0) is 6.54 Å². The Labute approximate surface area is 181 Å². The van der Waals surface area contributed by atoms with Crippen LogP contribution in [0, 0.1) is 10.1 Å². The summed E-state index contributed by atoms with van der Waals surface area (Å²) in [6.45, 7) is 6.86. The lowest BCUT2D eigenvalue weighted by Gasteiger charge is -2.34. The van der Waals surface area contributed by atoms with Gasteiger partial charge in [0, 0.05) is 62.1 Å². The van der Waals surface area contributed by atoms with E-state index in [1.807, 2.05) is 19.9 Å². The summed E-state index contributed by atoms with van der Waals surface area (Å²) < 4.78 is 0. The highest BCUT2D eigenvalue weighted by Gasteiger charge is 2.23. The second-order valence-electron chi connectivity index (χ2n) is 7.83. The maximum atomic E-state index is 12.9. The van der Waals surface area contributed by atoms with Crippen molar-refractivity contribution in [1.29, 1.82) is 0 Å². The van der Waals surface area contributed by atoms with Crippen LogP contribution in [0.2, 0.25) is 0 Å². The van der Waals surface area contributed by atoms with Crippen molar-refractivity contribution in [2.24, 2.45) is 0 Å². The fourth-order valence-corrected chi connectivity index (χ4v) is 3.48. The Morgan fingerprint density at radius 3 is 2.45 bits per heavy atom. The Morgan fingerprint density at radius 2 is 1.77 bits per heavy atom. The minimum atomic E-state index is -0.393. The highest BCUT2D eigenvalue weighted by Crippen LogP contribution is 2.17. The molecule has 1 saturated heterocycles. The molecule has 2 aromatic carbocycles. The van der Waals surface area contributed by atoms with Crippen molar-refractivity contribution in [3.8, 4) is 0 Å². The lowest BCUT2D eigenvalue weighted by molar-refractivity contribution is -0.384. The normalized spacial score (nSPS) is 14.4. The molecule has 0 aliphatic carbocycles. The molecule has 0 unspecified atom stereocenters. The Bertz CT molecular complexity index is 954. The molecular weight excluding hydrogens is 398 g/mol. The van der Waals surface area contributed by atoms with Crippen molar-refractivity contribution < 1.29 is 14.5 Å². The second-order valence-corrected chi connectivity index (χ2v) is 7.83. The Balaban J connectivity index is 1.55. The molecule has 9 heteroatoms. The summed E-state index contributed by atoms with van der Waals surface area (Å²) >= 11 is 0. The highest BCUT2D eigenvalue weighted by atomic mass is 16.6. The summed E-state index contributed by atoms with van der Waals surface area (Å²) in [6, 6.07) is 13.2. The van der Waals surface area contributed by atoms with Gasteiger partial charge in [-0.3, -0.25) is 19.8 Å². The van der Waals surface area contributed by atoms with Crippen molar-refractivity contribution in [1.82, 2.24) is 15.1 Å². The van der Waals surface area contributed by atoms with Crippen LogP contribution in [0.4, 0.5) is 16.2 Å². The number of urea groups is 1. The van der Waals surface area contributed by atoms with Crippen LogP contribution in [0.15, 0.2) is 48.5 Å². The standard InChI is InChI=1S/C22H27N5O4/c1-16(2)23-22(29)24-19-7-4-6-18(14-19)21(28)26-11-9-25(10-12-26)15-17-5-3-8-20(13-17)27(30)31/h3-8,13-14,16H,9-12,15H2,1-2H3,(H2,23,24,29). The summed E-state index contributed by atoms with van der Waals surface area (Å²) in [5, 5.41) is 16.4. The van der Waals surface area contributed by atoms with Crippen LogP contribution in [0.5, 0.6) is 0 Å². The molecule has 1 fully saturated rings. The average Bonchev–Trinajstić information content (AvgIpc) is 2.73. The Morgan fingerprint density at radius 1 is 1.06 bits per heavy atom. The van der Waals surface area contributed by atoms with E-state index in [2.05, 4.69) is 15.5 Å². The summed E-state index contributed by atoms with van der Waals surface area (Å²) in [6.07, 6.45) is 0. The molecule has 2 N–H and O–H groups in total. The Hall–Kier alpha value is -3.46. The maximum Gasteiger partial charge on any atom is 0.319 e. The molecule has 0 atom stereocenters. The number of benzene rings is 2. The van der Waals surface area contributed by atoms with E-state index in [1.54, 1.807) is 41.3 Å². The largest absolute Gasteiger partial charge is 0.336 e. The third-order valence-electron chi connectivity index (χ3n) is 4.97. The number of carbonyl (C=O) groups is 2. The van der Waals surface area contributed by atoms with E-state index in [4.69, 9.17) is 0 Å². The lowest BCUT2D eigenvalue weighted by Crippen LogP contribution is -2.48. The van der Waals surface area contributed by atoms with E-state index in [0.29, 0.717) is 44.0 Å². The van der Waals surface area contributed by atoms with Gasteiger partial charge in [-0.15, -0.1) is 0 Å². The molecule has 164 valence electrons. The first-order chi connectivity index (χ1) is 14.8. The van der Waals surface area contributed by atoms with Crippen molar-refractivity contribution in [3.05, 3.63) is 69.8 Å². The van der Waals surface area contributed by atoms with Gasteiger partial charge in [-0.25, -0.2) is 4.79 Å². The van der Waals surface area contributed by atoms with Gasteiger partial charge in [-0.1, -0.05) is 18.2 Å². The molecule has 0 aromatic heterocycles. The van der Waals surface area contributed by atoms with Gasteiger partial charge in [0.05, 0.1) is 4.92 Å². The van der Waals surface area contributed by atoms with Gasteiger partial charge in [0.2, 0.25) is 0 Å². The van der Waals surface area contributed by atoms with Gasteiger partial charge < -0.3 is 15.5 Å². The molecule has 3 rings (SSSR count). The summed E-state index contributed by atoms with van der Waals surface area (Å²) in [7, 11) is 0. The van der Waals surface area contributed by atoms with Crippen molar-refractivity contribution in [2.75, 3.05) is 31.5 Å². The monoisotopic (exact) mass is 425 g/mol. The molecule has 31 heavy (non-hydrogen) atoms. The highest BCUT2D eigenvalue weighted by molar-refractivity contribution is 5.97. The van der Waals surface area contributed by atoms with Crippen LogP contribution in [0.1, 0.15) is 29.8 Å². The number of piperazine rings is 1. The first-order valence-electron chi connectivity index (χ1n) is 10.2. The topological polar surface area (TPSA) is 108 Å². The van der Waals surface area contributed by atoms with Gasteiger partial charge in [0.1, 0.15) is 0 Å². The first kappa shape index (κ1) is 22.2. The number of anilines is 1. The SMILES string of the molecule is CC(C)NC(=O)Nc1cccc(C(=O)N2CCN(Cc3cccc([N+](=O)[O-])c3)CC2)c1. The molecule has 0 bridgehead atoms. The molecule has 0 spiro atoms. The molecule has 9 nitrogen and oxygen atoms in total. The van der Waals surface area contributed by atoms with E-state index in [1.165, 1.54) is 6.07 Å². The molecule has 0 radical (unpaired) electrons. The molecular formula is C22H27N5O4. The first-order valence-corrected chi connectivity index (χ1v) is 10.2. The zero-order chi connectivity index (χ0) is 22.4. The number of nitro benzene ring substituents is 1. The fraction of sp³-hybridized carbons (Fsp3) is 0.364. The zero-order valence-electron chi connectivity index (χ0n) is 17.7. The minimum Gasteiger partial charge on any atom is -0.336 e.